The Morgan fingerprint density at radius 2 is 2.23 bits per heavy atom. The molecule has 0 bridgehead atoms. The molecule has 1 aliphatic rings. The molecule has 0 aliphatic heterocycles. The molecule has 0 radical (unpaired) electrons. The van der Waals surface area contributed by atoms with Gasteiger partial charge >= 0.3 is 5.97 Å². The molecule has 8 nitrogen and oxygen atoms in total. The normalized spacial score (nSPS) is 17.1. The highest BCUT2D eigenvalue weighted by molar-refractivity contribution is 5.81. The fourth-order valence-corrected chi connectivity index (χ4v) is 2.43. The van der Waals surface area contributed by atoms with Crippen LogP contribution in [0.1, 0.15) is 48.8 Å². The van der Waals surface area contributed by atoms with E-state index in [1.54, 1.807) is 19.1 Å². The van der Waals surface area contributed by atoms with Crippen molar-refractivity contribution in [1.29, 1.82) is 0 Å². The largest absolute Gasteiger partial charge is 0.468 e. The lowest BCUT2D eigenvalue weighted by atomic mass is 9.92. The molecule has 0 amide bonds. The van der Waals surface area contributed by atoms with Crippen LogP contribution in [0.15, 0.2) is 21.2 Å². The van der Waals surface area contributed by atoms with E-state index in [0.29, 0.717) is 23.1 Å². The molecule has 1 saturated carbocycles. The fraction of sp³-hybridized carbons (Fsp3) is 0.500. The lowest BCUT2D eigenvalue weighted by Gasteiger charge is -2.31. The highest BCUT2D eigenvalue weighted by atomic mass is 16.5. The summed E-state index contributed by atoms with van der Waals surface area (Å²) in [6.45, 7) is 3.40. The Labute approximate surface area is 150 Å². The number of esters is 1. The average molecular weight is 359 g/mol. The number of hydrogen-bond donors (Lipinski definition) is 2. The van der Waals surface area contributed by atoms with Gasteiger partial charge in [-0.1, -0.05) is 16.2 Å². The molecule has 0 spiro atoms. The number of aromatic nitrogens is 2. The number of rotatable bonds is 6. The summed E-state index contributed by atoms with van der Waals surface area (Å²) in [4.78, 5) is 12.3. The lowest BCUT2D eigenvalue weighted by molar-refractivity contribution is -0.153. The summed E-state index contributed by atoms with van der Waals surface area (Å²) in [5, 5.41) is 21.3. The summed E-state index contributed by atoms with van der Waals surface area (Å²) in [7, 11) is 1.25. The molecule has 2 atom stereocenters. The van der Waals surface area contributed by atoms with Crippen LogP contribution in [0.3, 0.4) is 0 Å². The third kappa shape index (κ3) is 3.95. The number of nitrogens with zero attached hydrogens (tertiary/aromatic N) is 2. The Hall–Kier alpha value is -2.63. The lowest BCUT2D eigenvalue weighted by Crippen LogP contribution is -2.54. The van der Waals surface area contributed by atoms with Crippen molar-refractivity contribution in [2.75, 3.05) is 7.11 Å². The first-order valence-corrected chi connectivity index (χ1v) is 8.34. The molecule has 26 heavy (non-hydrogen) atoms. The summed E-state index contributed by atoms with van der Waals surface area (Å²) in [5.74, 6) is 6.86. The molecular formula is C18H21N3O5. The number of aliphatic hydroxyl groups is 1. The Morgan fingerprint density at radius 1 is 1.46 bits per heavy atom. The van der Waals surface area contributed by atoms with Crippen LogP contribution in [0, 0.1) is 24.7 Å². The zero-order valence-corrected chi connectivity index (χ0v) is 14.9. The molecule has 2 heterocycles. The van der Waals surface area contributed by atoms with Crippen LogP contribution in [0.25, 0.3) is 0 Å². The summed E-state index contributed by atoms with van der Waals surface area (Å²) in [6, 6.07) is 3.27. The van der Waals surface area contributed by atoms with Gasteiger partial charge < -0.3 is 18.9 Å². The number of carbonyl (C=O) groups is 1. The number of carbonyl (C=O) groups excluding carboxylic acids is 1. The SMILES string of the molecule is COC(=O)C(C)(NCc1cc(C#CC2CC2)on1)[C@@H](O)c1cc(C)on1. The number of hydrogen-bond acceptors (Lipinski definition) is 8. The van der Waals surface area contributed by atoms with Crippen molar-refractivity contribution < 1.29 is 23.7 Å². The maximum absolute atomic E-state index is 12.3. The quantitative estimate of drug-likeness (QED) is 0.589. The number of aryl methyl sites for hydroxylation is 1. The zero-order chi connectivity index (χ0) is 18.7. The van der Waals surface area contributed by atoms with Crippen LogP contribution in [0.2, 0.25) is 0 Å². The van der Waals surface area contributed by atoms with E-state index < -0.39 is 17.6 Å². The maximum atomic E-state index is 12.3. The molecule has 1 fully saturated rings. The smallest absolute Gasteiger partial charge is 0.328 e. The van der Waals surface area contributed by atoms with Crippen molar-refractivity contribution in [3.05, 3.63) is 35.0 Å². The van der Waals surface area contributed by atoms with E-state index in [0.717, 1.165) is 12.8 Å². The first-order valence-electron chi connectivity index (χ1n) is 8.34. The molecule has 2 aromatic rings. The minimum Gasteiger partial charge on any atom is -0.468 e. The van der Waals surface area contributed by atoms with Crippen LogP contribution in [-0.2, 0) is 16.1 Å². The first kappa shape index (κ1) is 18.2. The van der Waals surface area contributed by atoms with Gasteiger partial charge in [0.2, 0.25) is 5.76 Å². The van der Waals surface area contributed by atoms with E-state index in [2.05, 4.69) is 27.5 Å². The Morgan fingerprint density at radius 3 is 2.85 bits per heavy atom. The molecule has 138 valence electrons. The van der Waals surface area contributed by atoms with Crippen molar-refractivity contribution >= 4 is 5.97 Å². The average Bonchev–Trinajstić information content (AvgIpc) is 3.19. The third-order valence-electron chi connectivity index (χ3n) is 4.26. The van der Waals surface area contributed by atoms with Gasteiger partial charge in [-0.25, -0.2) is 4.79 Å². The minimum absolute atomic E-state index is 0.175. The van der Waals surface area contributed by atoms with E-state index in [9.17, 15) is 9.90 Å². The fourth-order valence-electron chi connectivity index (χ4n) is 2.43. The van der Waals surface area contributed by atoms with Crippen LogP contribution in [-0.4, -0.2) is 34.0 Å². The molecule has 1 aliphatic carbocycles. The Balaban J connectivity index is 1.72. The highest BCUT2D eigenvalue weighted by Gasteiger charge is 2.44. The molecule has 0 aromatic carbocycles. The molecule has 1 unspecified atom stereocenters. The van der Waals surface area contributed by atoms with E-state index in [4.69, 9.17) is 13.8 Å². The number of methoxy groups -OCH3 is 1. The van der Waals surface area contributed by atoms with Gasteiger partial charge in [0.05, 0.1) is 12.8 Å². The van der Waals surface area contributed by atoms with Gasteiger partial charge in [0.1, 0.15) is 23.1 Å². The predicted octanol–water partition coefficient (Wildman–Crippen LogP) is 1.49. The molecule has 8 heteroatoms. The van der Waals surface area contributed by atoms with Crippen LogP contribution < -0.4 is 5.32 Å². The van der Waals surface area contributed by atoms with E-state index >= 15 is 0 Å². The Kier molecular flexibility index (Phi) is 5.11. The van der Waals surface area contributed by atoms with Crippen molar-refractivity contribution in [3.8, 4) is 11.8 Å². The summed E-state index contributed by atoms with van der Waals surface area (Å²) in [5.41, 5.74) is -0.653. The third-order valence-corrected chi connectivity index (χ3v) is 4.26. The number of aliphatic hydroxyl groups excluding tert-OH is 1. The molecule has 2 N–H and O–H groups in total. The van der Waals surface area contributed by atoms with Gasteiger partial charge in [-0.3, -0.25) is 5.32 Å². The van der Waals surface area contributed by atoms with Gasteiger partial charge in [0.25, 0.3) is 0 Å². The Bertz CT molecular complexity index is 842. The van der Waals surface area contributed by atoms with Gasteiger partial charge in [0, 0.05) is 24.6 Å². The second-order valence-corrected chi connectivity index (χ2v) is 6.54. The van der Waals surface area contributed by atoms with Gasteiger partial charge in [-0.2, -0.15) is 0 Å². The maximum Gasteiger partial charge on any atom is 0.328 e. The van der Waals surface area contributed by atoms with Crippen molar-refractivity contribution in [2.45, 2.75) is 44.9 Å². The van der Waals surface area contributed by atoms with Gasteiger partial charge in [0.15, 0.2) is 0 Å². The standard InChI is InChI=1S/C18H21N3O5/c1-11-8-15(21-25-11)16(22)18(2,17(23)24-3)19-10-13-9-14(26-20-13)7-6-12-4-5-12/h8-9,12,16,19,22H,4-5,10H2,1-3H3/t16-,18?/m0/s1. The van der Waals surface area contributed by atoms with Crippen LogP contribution in [0.5, 0.6) is 0 Å². The second kappa shape index (κ2) is 7.32. The van der Waals surface area contributed by atoms with Gasteiger partial charge in [-0.05, 0) is 32.6 Å². The molecule has 3 rings (SSSR count). The van der Waals surface area contributed by atoms with Crippen molar-refractivity contribution in [1.82, 2.24) is 15.6 Å². The van der Waals surface area contributed by atoms with E-state index in [-0.39, 0.29) is 12.2 Å². The minimum atomic E-state index is -1.45. The van der Waals surface area contributed by atoms with Gasteiger partial charge in [-0.15, -0.1) is 0 Å². The summed E-state index contributed by atoms with van der Waals surface area (Å²) in [6.07, 6.45) is 0.993. The first-order chi connectivity index (χ1) is 12.4. The van der Waals surface area contributed by atoms with Crippen LogP contribution in [0.4, 0.5) is 0 Å². The second-order valence-electron chi connectivity index (χ2n) is 6.54. The number of ether oxygens (including phenoxy) is 1. The predicted molar refractivity (Wildman–Crippen MR) is 89.6 cm³/mol. The zero-order valence-electron chi connectivity index (χ0n) is 14.9. The highest BCUT2D eigenvalue weighted by Crippen LogP contribution is 2.28. The van der Waals surface area contributed by atoms with E-state index in [1.165, 1.54) is 14.0 Å². The van der Waals surface area contributed by atoms with E-state index in [1.807, 2.05) is 0 Å². The summed E-state index contributed by atoms with van der Waals surface area (Å²) >= 11 is 0. The van der Waals surface area contributed by atoms with Crippen molar-refractivity contribution in [2.24, 2.45) is 5.92 Å². The summed E-state index contributed by atoms with van der Waals surface area (Å²) < 4.78 is 15.0. The molecule has 0 saturated heterocycles. The number of nitrogens with one attached hydrogen (secondary N) is 1. The molecule has 2 aromatic heterocycles. The topological polar surface area (TPSA) is 111 Å². The molecular weight excluding hydrogens is 338 g/mol. The van der Waals surface area contributed by atoms with Crippen LogP contribution >= 0.6 is 0 Å². The van der Waals surface area contributed by atoms with Crippen molar-refractivity contribution in [3.63, 3.8) is 0 Å². The monoisotopic (exact) mass is 359 g/mol.